The summed E-state index contributed by atoms with van der Waals surface area (Å²) in [5.74, 6) is -0.581. The maximum absolute atomic E-state index is 15.0. The third-order valence-corrected chi connectivity index (χ3v) is 12.8. The number of nitrogens with one attached hydrogen (secondary N) is 1. The Morgan fingerprint density at radius 1 is 0.717 bits per heavy atom. The molecule has 7 rings (SSSR count). The lowest BCUT2D eigenvalue weighted by Crippen LogP contribution is -2.52. The number of carbonyl (C=O) groups is 3. The van der Waals surface area contributed by atoms with Gasteiger partial charge in [-0.15, -0.1) is 11.8 Å². The van der Waals surface area contributed by atoms with E-state index in [4.69, 9.17) is 9.47 Å². The highest BCUT2D eigenvalue weighted by atomic mass is 32.2. The molecule has 0 saturated heterocycles. The van der Waals surface area contributed by atoms with Crippen molar-refractivity contribution in [1.82, 2.24) is 5.32 Å². The van der Waals surface area contributed by atoms with Crippen LogP contribution in [0.15, 0.2) is 176 Å². The molecule has 0 bridgehead atoms. The Labute approximate surface area is 357 Å². The van der Waals surface area contributed by atoms with Crippen molar-refractivity contribution >= 4 is 35.4 Å². The summed E-state index contributed by atoms with van der Waals surface area (Å²) in [5.41, 5.74) is 8.78. The summed E-state index contributed by atoms with van der Waals surface area (Å²) in [4.78, 5) is 43.3. The van der Waals surface area contributed by atoms with Crippen LogP contribution < -0.4 is 10.2 Å². The number of amides is 2. The summed E-state index contributed by atoms with van der Waals surface area (Å²) in [7, 11) is 0. The van der Waals surface area contributed by atoms with Gasteiger partial charge in [0.2, 0.25) is 5.91 Å². The smallest absolute Gasteiger partial charge is 0.407 e. The van der Waals surface area contributed by atoms with Crippen molar-refractivity contribution in [3.05, 3.63) is 210 Å². The summed E-state index contributed by atoms with van der Waals surface area (Å²) >= 11 is 1.75. The first-order chi connectivity index (χ1) is 29.3. The molecule has 60 heavy (non-hydrogen) atoms. The molecule has 1 aliphatic rings. The van der Waals surface area contributed by atoms with Gasteiger partial charge in [-0.1, -0.05) is 172 Å². The number of esters is 1. The van der Waals surface area contributed by atoms with E-state index in [2.05, 4.69) is 109 Å². The topological polar surface area (TPSA) is 84.9 Å². The van der Waals surface area contributed by atoms with Gasteiger partial charge in [0.25, 0.3) is 0 Å². The quantitative estimate of drug-likeness (QED) is 0.0561. The Bertz CT molecular complexity index is 2250. The fourth-order valence-electron chi connectivity index (χ4n) is 8.04. The van der Waals surface area contributed by atoms with Crippen LogP contribution in [0.25, 0.3) is 11.1 Å². The van der Waals surface area contributed by atoms with Crippen LogP contribution in [0, 0.1) is 5.92 Å². The molecule has 0 saturated carbocycles. The van der Waals surface area contributed by atoms with Gasteiger partial charge < -0.3 is 19.7 Å². The van der Waals surface area contributed by atoms with Crippen LogP contribution in [0.4, 0.5) is 10.5 Å². The fourth-order valence-corrected chi connectivity index (χ4v) is 9.53. The Morgan fingerprint density at radius 3 is 1.72 bits per heavy atom. The first kappa shape index (κ1) is 41.8. The number of benzene rings is 6. The van der Waals surface area contributed by atoms with Crippen molar-refractivity contribution in [2.24, 2.45) is 5.92 Å². The van der Waals surface area contributed by atoms with E-state index in [9.17, 15) is 9.59 Å². The number of anilines is 1. The van der Waals surface area contributed by atoms with E-state index in [1.165, 1.54) is 6.08 Å². The zero-order chi connectivity index (χ0) is 41.9. The lowest BCUT2D eigenvalue weighted by molar-refractivity contribution is -0.121. The molecule has 8 heteroatoms. The van der Waals surface area contributed by atoms with Crippen molar-refractivity contribution in [3.63, 3.8) is 0 Å². The predicted molar refractivity (Wildman–Crippen MR) is 242 cm³/mol. The van der Waals surface area contributed by atoms with Crippen molar-refractivity contribution in [1.29, 1.82) is 0 Å². The molecule has 0 spiro atoms. The number of fused-ring (bicyclic) bond motifs is 3. The van der Waals surface area contributed by atoms with Gasteiger partial charge in [0.1, 0.15) is 19.3 Å². The number of hydrogen-bond acceptors (Lipinski definition) is 6. The molecule has 0 aromatic heterocycles. The summed E-state index contributed by atoms with van der Waals surface area (Å²) in [6.07, 6.45) is 1.50. The average Bonchev–Trinajstić information content (AvgIpc) is 3.63. The maximum atomic E-state index is 15.0. The van der Waals surface area contributed by atoms with Crippen LogP contribution in [0.5, 0.6) is 0 Å². The standard InChI is InChI=1S/C52H50N2O5S/c1-4-34-58-50(56)38-29-31-42(32-30-38)54(33-35-60-52(39-19-9-6-10-20-39,40-21-11-7-12-22-40)41-23-13-8-14-24-41)49(55)48(37(3)5-2)53-51(57)59-36-47-45-27-17-15-25-43(45)44-26-16-18-28-46(44)47/h4,6-32,37,47-48H,1,5,33-36H2,2-3H3,(H,53,57)/t37-,48-/m0/s1. The fraction of sp³-hybridized carbons (Fsp3) is 0.212. The Hall–Kier alpha value is -6.38. The third kappa shape index (κ3) is 8.94. The number of ether oxygens (including phenoxy) is 2. The second kappa shape index (κ2) is 19.6. The molecule has 2 atom stereocenters. The van der Waals surface area contributed by atoms with Gasteiger partial charge in [-0.3, -0.25) is 4.79 Å². The highest BCUT2D eigenvalue weighted by Gasteiger charge is 2.38. The van der Waals surface area contributed by atoms with Crippen molar-refractivity contribution in [2.45, 2.75) is 37.0 Å². The van der Waals surface area contributed by atoms with Gasteiger partial charge in [0, 0.05) is 23.9 Å². The number of carbonyl (C=O) groups excluding carboxylic acids is 3. The van der Waals surface area contributed by atoms with Crippen LogP contribution in [-0.4, -0.2) is 49.5 Å². The Morgan fingerprint density at radius 2 is 1.22 bits per heavy atom. The van der Waals surface area contributed by atoms with E-state index in [0.29, 0.717) is 30.0 Å². The molecule has 1 aliphatic carbocycles. The van der Waals surface area contributed by atoms with Crippen LogP contribution in [0.1, 0.15) is 64.4 Å². The number of alkyl carbamates (subject to hydrolysis) is 1. The van der Waals surface area contributed by atoms with Gasteiger partial charge in [0.15, 0.2) is 0 Å². The first-order valence-corrected chi connectivity index (χ1v) is 21.5. The molecule has 0 heterocycles. The minimum atomic E-state index is -0.894. The molecular weight excluding hydrogens is 765 g/mol. The number of nitrogens with zero attached hydrogens (tertiary/aromatic N) is 1. The number of hydrogen-bond donors (Lipinski definition) is 1. The van der Waals surface area contributed by atoms with Crippen molar-refractivity contribution in [3.8, 4) is 11.1 Å². The first-order valence-electron chi connectivity index (χ1n) is 20.5. The second-order valence-corrected chi connectivity index (χ2v) is 16.2. The molecule has 0 aliphatic heterocycles. The summed E-state index contributed by atoms with van der Waals surface area (Å²) < 4.78 is 10.6. The molecular formula is C52H50N2O5S. The highest BCUT2D eigenvalue weighted by molar-refractivity contribution is 8.00. The summed E-state index contributed by atoms with van der Waals surface area (Å²) in [6.45, 7) is 8.12. The molecule has 0 fully saturated rings. The minimum Gasteiger partial charge on any atom is -0.458 e. The van der Waals surface area contributed by atoms with Gasteiger partial charge in [-0.05, 0) is 69.1 Å². The van der Waals surface area contributed by atoms with Crippen molar-refractivity contribution in [2.75, 3.05) is 30.4 Å². The van der Waals surface area contributed by atoms with E-state index < -0.39 is 22.9 Å². The molecule has 7 nitrogen and oxygen atoms in total. The zero-order valence-corrected chi connectivity index (χ0v) is 34.9. The van der Waals surface area contributed by atoms with Crippen molar-refractivity contribution < 1.29 is 23.9 Å². The minimum absolute atomic E-state index is 0.0898. The van der Waals surface area contributed by atoms with Gasteiger partial charge in [0.05, 0.1) is 10.3 Å². The Balaban J connectivity index is 1.18. The average molecular weight is 815 g/mol. The molecule has 0 unspecified atom stereocenters. The monoisotopic (exact) mass is 814 g/mol. The predicted octanol–water partition coefficient (Wildman–Crippen LogP) is 11.0. The van der Waals surface area contributed by atoms with Gasteiger partial charge in [-0.25, -0.2) is 9.59 Å². The SMILES string of the molecule is C=CCOC(=O)c1ccc(N(CCSC(c2ccccc2)(c2ccccc2)c2ccccc2)C(=O)[C@@H](NC(=O)OCC2c3ccccc3-c3ccccc32)[C@@H](C)CC)cc1. The summed E-state index contributed by atoms with van der Waals surface area (Å²) in [6, 6.07) is 53.6. The van der Waals surface area contributed by atoms with Crippen LogP contribution in [0.2, 0.25) is 0 Å². The lowest BCUT2D eigenvalue weighted by atomic mass is 9.84. The van der Waals surface area contributed by atoms with E-state index in [0.717, 1.165) is 38.9 Å². The molecule has 0 radical (unpaired) electrons. The van der Waals surface area contributed by atoms with Gasteiger partial charge >= 0.3 is 12.1 Å². The van der Waals surface area contributed by atoms with Crippen LogP contribution >= 0.6 is 11.8 Å². The largest absolute Gasteiger partial charge is 0.458 e. The third-order valence-electron chi connectivity index (χ3n) is 11.3. The molecule has 6 aromatic carbocycles. The molecule has 2 amide bonds. The lowest BCUT2D eigenvalue weighted by Gasteiger charge is -2.37. The van der Waals surface area contributed by atoms with E-state index in [1.54, 1.807) is 40.9 Å². The molecule has 304 valence electrons. The highest BCUT2D eigenvalue weighted by Crippen LogP contribution is 2.49. The Kier molecular flexibility index (Phi) is 13.6. The van der Waals surface area contributed by atoms with Crippen LogP contribution in [-0.2, 0) is 19.0 Å². The van der Waals surface area contributed by atoms with E-state index >= 15 is 4.79 Å². The van der Waals surface area contributed by atoms with Crippen LogP contribution in [0.3, 0.4) is 0 Å². The summed E-state index contributed by atoms with van der Waals surface area (Å²) in [5, 5.41) is 2.98. The zero-order valence-electron chi connectivity index (χ0n) is 34.0. The van der Waals surface area contributed by atoms with E-state index in [-0.39, 0.29) is 31.0 Å². The molecule has 1 N–H and O–H groups in total. The normalized spacial score (nSPS) is 13.0. The van der Waals surface area contributed by atoms with E-state index in [1.807, 2.05) is 56.3 Å². The second-order valence-electron chi connectivity index (χ2n) is 14.9. The maximum Gasteiger partial charge on any atom is 0.407 e. The number of thioether (sulfide) groups is 1. The molecule has 6 aromatic rings. The van der Waals surface area contributed by atoms with Gasteiger partial charge in [-0.2, -0.15) is 0 Å². The number of rotatable bonds is 17.